The van der Waals surface area contributed by atoms with Crippen molar-refractivity contribution in [1.29, 1.82) is 0 Å². The number of likely N-dealkylation sites (tertiary alicyclic amines) is 1. The average Bonchev–Trinajstić information content (AvgIpc) is 2.91. The molecular formula is C15H20N2O3. The van der Waals surface area contributed by atoms with Gasteiger partial charge in [-0.15, -0.1) is 0 Å². The summed E-state index contributed by atoms with van der Waals surface area (Å²) in [6.07, 6.45) is 1.28. The molecule has 20 heavy (non-hydrogen) atoms. The first kappa shape index (κ1) is 14.4. The number of carboxylic acid groups (broad SMARTS) is 1. The number of benzene rings is 1. The van der Waals surface area contributed by atoms with Gasteiger partial charge >= 0.3 is 12.0 Å². The molecule has 1 aliphatic heterocycles. The number of nitrogens with zero attached hydrogens (tertiary/aromatic N) is 2. The zero-order chi connectivity index (χ0) is 14.7. The van der Waals surface area contributed by atoms with E-state index >= 15 is 0 Å². The molecule has 0 radical (unpaired) electrons. The van der Waals surface area contributed by atoms with Gasteiger partial charge in [0.15, 0.2) is 0 Å². The molecular weight excluding hydrogens is 256 g/mol. The van der Waals surface area contributed by atoms with Crippen molar-refractivity contribution in [3.63, 3.8) is 0 Å². The zero-order valence-electron chi connectivity index (χ0n) is 11.9. The molecule has 0 saturated carbocycles. The number of amides is 2. The van der Waals surface area contributed by atoms with E-state index in [1.54, 1.807) is 4.90 Å². The Balaban J connectivity index is 2.26. The molecule has 0 bridgehead atoms. The van der Waals surface area contributed by atoms with E-state index in [9.17, 15) is 14.7 Å². The Bertz CT molecular complexity index is 516. The number of hydrogen-bond acceptors (Lipinski definition) is 2. The van der Waals surface area contributed by atoms with Crippen molar-refractivity contribution < 1.29 is 14.7 Å². The van der Waals surface area contributed by atoms with Gasteiger partial charge in [-0.2, -0.15) is 0 Å². The lowest BCUT2D eigenvalue weighted by atomic mass is 10.2. The van der Waals surface area contributed by atoms with Gasteiger partial charge in [-0.3, -0.25) is 4.90 Å². The lowest BCUT2D eigenvalue weighted by Crippen LogP contribution is -2.48. The Morgan fingerprint density at radius 2 is 2.10 bits per heavy atom. The van der Waals surface area contributed by atoms with Crippen molar-refractivity contribution in [1.82, 2.24) is 4.90 Å². The van der Waals surface area contributed by atoms with E-state index in [0.717, 1.165) is 17.7 Å². The highest BCUT2D eigenvalue weighted by atomic mass is 16.4. The van der Waals surface area contributed by atoms with Crippen LogP contribution in [0.5, 0.6) is 0 Å². The summed E-state index contributed by atoms with van der Waals surface area (Å²) in [6.45, 7) is 4.88. The molecule has 5 nitrogen and oxygen atoms in total. The highest BCUT2D eigenvalue weighted by Gasteiger charge is 2.36. The molecule has 0 aromatic heterocycles. The van der Waals surface area contributed by atoms with Crippen LogP contribution in [0.15, 0.2) is 24.3 Å². The van der Waals surface area contributed by atoms with Crippen LogP contribution in [0.1, 0.15) is 25.3 Å². The second-order valence-corrected chi connectivity index (χ2v) is 5.00. The highest BCUT2D eigenvalue weighted by molar-refractivity contribution is 5.95. The van der Waals surface area contributed by atoms with Crippen LogP contribution in [-0.4, -0.2) is 41.1 Å². The number of urea groups is 1. The molecule has 1 saturated heterocycles. The molecule has 108 valence electrons. The van der Waals surface area contributed by atoms with Crippen LogP contribution < -0.4 is 4.90 Å². The fourth-order valence-corrected chi connectivity index (χ4v) is 2.68. The SMILES string of the molecule is CCN(C(=O)N1CCCC1C(=O)O)c1ccccc1C. The smallest absolute Gasteiger partial charge is 0.326 e. The van der Waals surface area contributed by atoms with Gasteiger partial charge in [-0.25, -0.2) is 9.59 Å². The fraction of sp³-hybridized carbons (Fsp3) is 0.467. The molecule has 2 rings (SSSR count). The van der Waals surface area contributed by atoms with Crippen molar-refractivity contribution in [3.05, 3.63) is 29.8 Å². The van der Waals surface area contributed by atoms with Gasteiger partial charge in [0.25, 0.3) is 0 Å². The number of carbonyl (C=O) groups is 2. The van der Waals surface area contributed by atoms with E-state index in [1.807, 2.05) is 38.1 Å². The summed E-state index contributed by atoms with van der Waals surface area (Å²) in [7, 11) is 0. The van der Waals surface area contributed by atoms with Gasteiger partial charge in [-0.05, 0) is 38.3 Å². The number of hydrogen-bond donors (Lipinski definition) is 1. The van der Waals surface area contributed by atoms with Crippen LogP contribution in [0.4, 0.5) is 10.5 Å². The lowest BCUT2D eigenvalue weighted by Gasteiger charge is -2.30. The predicted molar refractivity (Wildman–Crippen MR) is 77.0 cm³/mol. The second-order valence-electron chi connectivity index (χ2n) is 5.00. The van der Waals surface area contributed by atoms with Gasteiger partial charge in [0.1, 0.15) is 6.04 Å². The molecule has 1 aromatic rings. The molecule has 2 amide bonds. The lowest BCUT2D eigenvalue weighted by molar-refractivity contribution is -0.141. The van der Waals surface area contributed by atoms with Crippen LogP contribution in [0.2, 0.25) is 0 Å². The van der Waals surface area contributed by atoms with Gasteiger partial charge < -0.3 is 10.0 Å². The maximum Gasteiger partial charge on any atom is 0.326 e. The fourth-order valence-electron chi connectivity index (χ4n) is 2.68. The third kappa shape index (κ3) is 2.61. The molecule has 1 fully saturated rings. The molecule has 0 aliphatic carbocycles. The number of aryl methyl sites for hydroxylation is 1. The van der Waals surface area contributed by atoms with E-state index < -0.39 is 12.0 Å². The summed E-state index contributed by atoms with van der Waals surface area (Å²) < 4.78 is 0. The monoisotopic (exact) mass is 276 g/mol. The third-order valence-corrected chi connectivity index (χ3v) is 3.74. The number of carboxylic acids is 1. The minimum atomic E-state index is -0.920. The number of para-hydroxylation sites is 1. The third-order valence-electron chi connectivity index (χ3n) is 3.74. The molecule has 0 spiro atoms. The Hall–Kier alpha value is -2.04. The molecule has 5 heteroatoms. The standard InChI is InChI=1S/C15H20N2O3/c1-3-16(12-8-5-4-7-11(12)2)15(20)17-10-6-9-13(17)14(18)19/h4-5,7-8,13H,3,6,9-10H2,1-2H3,(H,18,19). The van der Waals surface area contributed by atoms with Crippen LogP contribution in [0.25, 0.3) is 0 Å². The molecule has 1 heterocycles. The van der Waals surface area contributed by atoms with E-state index in [4.69, 9.17) is 0 Å². The second kappa shape index (κ2) is 5.94. The minimum Gasteiger partial charge on any atom is -0.480 e. The summed E-state index contributed by atoms with van der Waals surface area (Å²) in [5.74, 6) is -0.920. The first-order valence-electron chi connectivity index (χ1n) is 6.92. The number of carbonyl (C=O) groups excluding carboxylic acids is 1. The Morgan fingerprint density at radius 1 is 1.40 bits per heavy atom. The van der Waals surface area contributed by atoms with Crippen molar-refractivity contribution in [2.24, 2.45) is 0 Å². The van der Waals surface area contributed by atoms with E-state index in [2.05, 4.69) is 0 Å². The maximum atomic E-state index is 12.6. The van der Waals surface area contributed by atoms with Gasteiger partial charge in [-0.1, -0.05) is 18.2 Å². The number of rotatable bonds is 3. The zero-order valence-corrected chi connectivity index (χ0v) is 11.9. The van der Waals surface area contributed by atoms with E-state index in [1.165, 1.54) is 4.90 Å². The summed E-state index contributed by atoms with van der Waals surface area (Å²) >= 11 is 0. The minimum absolute atomic E-state index is 0.216. The summed E-state index contributed by atoms with van der Waals surface area (Å²) in [4.78, 5) is 27.0. The van der Waals surface area contributed by atoms with Crippen molar-refractivity contribution >= 4 is 17.7 Å². The maximum absolute atomic E-state index is 12.6. The van der Waals surface area contributed by atoms with Crippen LogP contribution >= 0.6 is 0 Å². The molecule has 1 N–H and O–H groups in total. The Kier molecular flexibility index (Phi) is 4.27. The topological polar surface area (TPSA) is 60.9 Å². The predicted octanol–water partition coefficient (Wildman–Crippen LogP) is 2.49. The van der Waals surface area contributed by atoms with Crippen molar-refractivity contribution in [2.75, 3.05) is 18.0 Å². The van der Waals surface area contributed by atoms with Crippen LogP contribution in [0.3, 0.4) is 0 Å². The Labute approximate surface area is 118 Å². The average molecular weight is 276 g/mol. The normalized spacial score (nSPS) is 18.1. The summed E-state index contributed by atoms with van der Waals surface area (Å²) in [6, 6.07) is 6.74. The van der Waals surface area contributed by atoms with E-state index in [0.29, 0.717) is 19.5 Å². The molecule has 1 aromatic carbocycles. The summed E-state index contributed by atoms with van der Waals surface area (Å²) in [5.41, 5.74) is 1.85. The summed E-state index contributed by atoms with van der Waals surface area (Å²) in [5, 5.41) is 9.20. The first-order chi connectivity index (χ1) is 9.56. The molecule has 1 aliphatic rings. The number of aliphatic carboxylic acids is 1. The van der Waals surface area contributed by atoms with Crippen molar-refractivity contribution in [3.8, 4) is 0 Å². The highest BCUT2D eigenvalue weighted by Crippen LogP contribution is 2.24. The van der Waals surface area contributed by atoms with Crippen molar-refractivity contribution in [2.45, 2.75) is 32.7 Å². The number of anilines is 1. The largest absolute Gasteiger partial charge is 0.480 e. The Morgan fingerprint density at radius 3 is 2.70 bits per heavy atom. The van der Waals surface area contributed by atoms with Gasteiger partial charge in [0.2, 0.25) is 0 Å². The quantitative estimate of drug-likeness (QED) is 0.922. The molecule has 1 atom stereocenters. The van der Waals surface area contributed by atoms with E-state index in [-0.39, 0.29) is 6.03 Å². The van der Waals surface area contributed by atoms with Gasteiger partial charge in [0.05, 0.1) is 0 Å². The van der Waals surface area contributed by atoms with Gasteiger partial charge in [0, 0.05) is 18.8 Å². The van der Waals surface area contributed by atoms with Crippen LogP contribution in [0, 0.1) is 6.92 Å². The first-order valence-corrected chi connectivity index (χ1v) is 6.92. The molecule has 1 unspecified atom stereocenters. The van der Waals surface area contributed by atoms with Crippen LogP contribution in [-0.2, 0) is 4.79 Å².